The van der Waals surface area contributed by atoms with Crippen LogP contribution >= 0.6 is 0 Å². The zero-order chi connectivity index (χ0) is 16.7. The summed E-state index contributed by atoms with van der Waals surface area (Å²) in [4.78, 5) is 26.4. The molecule has 24 heavy (non-hydrogen) atoms. The van der Waals surface area contributed by atoms with Gasteiger partial charge in [0.25, 0.3) is 11.8 Å². The molecule has 0 radical (unpaired) electrons. The largest absolute Gasteiger partial charge is 0.268 e. The molecule has 0 saturated heterocycles. The fourth-order valence-electron chi connectivity index (χ4n) is 3.02. The Balaban J connectivity index is 1.70. The Hall–Kier alpha value is -3.20. The molecule has 3 aromatic carbocycles. The summed E-state index contributed by atoms with van der Waals surface area (Å²) in [6.07, 6.45) is 0. The van der Waals surface area contributed by atoms with Crippen LogP contribution in [-0.2, 0) is 0 Å². The van der Waals surface area contributed by atoms with Crippen molar-refractivity contribution in [2.24, 2.45) is 0 Å². The van der Waals surface area contributed by atoms with Crippen LogP contribution < -0.4 is 4.90 Å². The Morgan fingerprint density at radius 3 is 2.00 bits per heavy atom. The number of fused-ring (bicyclic) bond motifs is 1. The van der Waals surface area contributed by atoms with Crippen molar-refractivity contribution in [3.63, 3.8) is 0 Å². The highest BCUT2D eigenvalue weighted by Crippen LogP contribution is 2.30. The van der Waals surface area contributed by atoms with E-state index in [-0.39, 0.29) is 11.8 Å². The molecule has 3 nitrogen and oxygen atoms in total. The summed E-state index contributed by atoms with van der Waals surface area (Å²) in [5.41, 5.74) is 4.66. The second-order valence-corrected chi connectivity index (χ2v) is 5.91. The maximum atomic E-state index is 12.6. The van der Waals surface area contributed by atoms with Gasteiger partial charge >= 0.3 is 0 Å². The van der Waals surface area contributed by atoms with Crippen molar-refractivity contribution < 1.29 is 9.59 Å². The molecule has 0 fully saturated rings. The Bertz CT molecular complexity index is 943. The van der Waals surface area contributed by atoms with Crippen LogP contribution in [0.3, 0.4) is 0 Å². The second-order valence-electron chi connectivity index (χ2n) is 5.91. The minimum absolute atomic E-state index is 0.258. The Morgan fingerprint density at radius 2 is 1.29 bits per heavy atom. The Kier molecular flexibility index (Phi) is 3.28. The zero-order valence-corrected chi connectivity index (χ0v) is 13.2. The van der Waals surface area contributed by atoms with E-state index in [1.807, 2.05) is 67.6 Å². The summed E-state index contributed by atoms with van der Waals surface area (Å²) < 4.78 is 0. The number of carbonyl (C=O) groups is 2. The number of benzene rings is 3. The second kappa shape index (κ2) is 5.46. The number of rotatable bonds is 2. The van der Waals surface area contributed by atoms with Gasteiger partial charge in [0.05, 0.1) is 16.8 Å². The smallest absolute Gasteiger partial charge is 0.266 e. The first kappa shape index (κ1) is 14.4. The number of aryl methyl sites for hydroxylation is 1. The van der Waals surface area contributed by atoms with Gasteiger partial charge in [-0.1, -0.05) is 54.1 Å². The Labute approximate surface area is 140 Å². The van der Waals surface area contributed by atoms with Crippen molar-refractivity contribution in [1.82, 2.24) is 0 Å². The molecule has 0 spiro atoms. The average molecular weight is 313 g/mol. The van der Waals surface area contributed by atoms with E-state index >= 15 is 0 Å². The van der Waals surface area contributed by atoms with Crippen LogP contribution in [-0.4, -0.2) is 11.8 Å². The van der Waals surface area contributed by atoms with E-state index in [4.69, 9.17) is 0 Å². The minimum Gasteiger partial charge on any atom is -0.268 e. The molecule has 0 aliphatic carbocycles. The summed E-state index contributed by atoms with van der Waals surface area (Å²) in [6, 6.07) is 22.8. The average Bonchev–Trinajstić information content (AvgIpc) is 2.86. The first-order chi connectivity index (χ1) is 11.6. The first-order valence-electron chi connectivity index (χ1n) is 7.80. The van der Waals surface area contributed by atoms with Crippen molar-refractivity contribution in [1.29, 1.82) is 0 Å². The standard InChI is InChI=1S/C21H15NO2/c1-14-7-12-18-19(13-14)21(24)22(20(18)23)17-10-8-16(9-11-17)15-5-3-2-4-6-15/h2-13H,1H3. The number of amides is 2. The Morgan fingerprint density at radius 1 is 0.667 bits per heavy atom. The summed E-state index contributed by atoms with van der Waals surface area (Å²) in [7, 11) is 0. The van der Waals surface area contributed by atoms with Crippen LogP contribution in [0.15, 0.2) is 72.8 Å². The number of hydrogen-bond donors (Lipinski definition) is 0. The van der Waals surface area contributed by atoms with E-state index in [0.29, 0.717) is 16.8 Å². The molecule has 0 atom stereocenters. The summed E-state index contributed by atoms with van der Waals surface area (Å²) in [5, 5.41) is 0. The third-order valence-electron chi connectivity index (χ3n) is 4.27. The first-order valence-corrected chi connectivity index (χ1v) is 7.80. The third kappa shape index (κ3) is 2.22. The SMILES string of the molecule is Cc1ccc2c(c1)C(=O)N(c1ccc(-c3ccccc3)cc1)C2=O. The number of imide groups is 1. The van der Waals surface area contributed by atoms with Crippen LogP contribution in [0.25, 0.3) is 11.1 Å². The summed E-state index contributed by atoms with van der Waals surface area (Å²) in [6.45, 7) is 1.91. The molecule has 1 heterocycles. The van der Waals surface area contributed by atoms with E-state index in [1.165, 1.54) is 4.90 Å². The lowest BCUT2D eigenvalue weighted by atomic mass is 10.1. The summed E-state index contributed by atoms with van der Waals surface area (Å²) in [5.74, 6) is -0.520. The molecule has 3 heteroatoms. The van der Waals surface area contributed by atoms with Crippen molar-refractivity contribution in [3.8, 4) is 11.1 Å². The molecule has 2 amide bonds. The van der Waals surface area contributed by atoms with E-state index in [2.05, 4.69) is 0 Å². The molecular weight excluding hydrogens is 298 g/mol. The molecule has 0 bridgehead atoms. The van der Waals surface area contributed by atoms with Crippen molar-refractivity contribution in [3.05, 3.63) is 89.5 Å². The lowest BCUT2D eigenvalue weighted by Gasteiger charge is -2.14. The number of nitrogens with zero attached hydrogens (tertiary/aromatic N) is 1. The fourth-order valence-corrected chi connectivity index (χ4v) is 3.02. The monoisotopic (exact) mass is 313 g/mol. The highest BCUT2D eigenvalue weighted by molar-refractivity contribution is 6.34. The molecule has 0 unspecified atom stereocenters. The summed E-state index contributed by atoms with van der Waals surface area (Å²) >= 11 is 0. The number of hydrogen-bond acceptors (Lipinski definition) is 2. The predicted octanol–water partition coefficient (Wildman–Crippen LogP) is 4.46. The van der Waals surface area contributed by atoms with Crippen LogP contribution in [0.2, 0.25) is 0 Å². The van der Waals surface area contributed by atoms with E-state index in [1.54, 1.807) is 12.1 Å². The van der Waals surface area contributed by atoms with Crippen LogP contribution in [0.5, 0.6) is 0 Å². The van der Waals surface area contributed by atoms with Gasteiger partial charge in [-0.25, -0.2) is 4.90 Å². The zero-order valence-electron chi connectivity index (χ0n) is 13.2. The normalized spacial score (nSPS) is 13.3. The van der Waals surface area contributed by atoms with Crippen molar-refractivity contribution >= 4 is 17.5 Å². The highest BCUT2D eigenvalue weighted by Gasteiger charge is 2.36. The number of carbonyl (C=O) groups excluding carboxylic acids is 2. The van der Waals surface area contributed by atoms with Gasteiger partial charge in [0.1, 0.15) is 0 Å². The molecule has 0 aromatic heterocycles. The van der Waals surface area contributed by atoms with Crippen LogP contribution in [0.4, 0.5) is 5.69 Å². The predicted molar refractivity (Wildman–Crippen MR) is 94.2 cm³/mol. The molecule has 1 aliphatic heterocycles. The van der Waals surface area contributed by atoms with Gasteiger partial charge in [0, 0.05) is 0 Å². The van der Waals surface area contributed by atoms with Gasteiger partial charge < -0.3 is 0 Å². The fraction of sp³-hybridized carbons (Fsp3) is 0.0476. The lowest BCUT2D eigenvalue weighted by molar-refractivity contribution is 0.0926. The van der Waals surface area contributed by atoms with Gasteiger partial charge in [-0.2, -0.15) is 0 Å². The number of anilines is 1. The maximum absolute atomic E-state index is 12.6. The molecule has 116 valence electrons. The van der Waals surface area contributed by atoms with Crippen molar-refractivity contribution in [2.75, 3.05) is 4.90 Å². The lowest BCUT2D eigenvalue weighted by Crippen LogP contribution is -2.29. The molecule has 0 N–H and O–H groups in total. The van der Waals surface area contributed by atoms with Crippen LogP contribution in [0, 0.1) is 6.92 Å². The minimum atomic E-state index is -0.262. The van der Waals surface area contributed by atoms with E-state index < -0.39 is 0 Å². The van der Waals surface area contributed by atoms with Gasteiger partial charge in [0.2, 0.25) is 0 Å². The quantitative estimate of drug-likeness (QED) is 0.655. The third-order valence-corrected chi connectivity index (χ3v) is 4.27. The highest BCUT2D eigenvalue weighted by atomic mass is 16.2. The molecular formula is C21H15NO2. The molecule has 0 saturated carbocycles. The maximum Gasteiger partial charge on any atom is 0.266 e. The molecule has 4 rings (SSSR count). The van der Waals surface area contributed by atoms with E-state index in [9.17, 15) is 9.59 Å². The van der Waals surface area contributed by atoms with Crippen LogP contribution in [0.1, 0.15) is 26.3 Å². The molecule has 1 aliphatic rings. The van der Waals surface area contributed by atoms with Gasteiger partial charge in [-0.05, 0) is 42.3 Å². The van der Waals surface area contributed by atoms with Crippen molar-refractivity contribution in [2.45, 2.75) is 6.92 Å². The van der Waals surface area contributed by atoms with Gasteiger partial charge in [0.15, 0.2) is 0 Å². The molecule has 3 aromatic rings. The topological polar surface area (TPSA) is 37.4 Å². The van der Waals surface area contributed by atoms with Gasteiger partial charge in [-0.15, -0.1) is 0 Å². The van der Waals surface area contributed by atoms with E-state index in [0.717, 1.165) is 16.7 Å². The van der Waals surface area contributed by atoms with Gasteiger partial charge in [-0.3, -0.25) is 9.59 Å².